The summed E-state index contributed by atoms with van der Waals surface area (Å²) in [5.41, 5.74) is 3.29. The van der Waals surface area contributed by atoms with Crippen molar-refractivity contribution < 1.29 is 14.3 Å². The molecule has 7 nitrogen and oxygen atoms in total. The van der Waals surface area contributed by atoms with Crippen LogP contribution in [0.25, 0.3) is 22.3 Å². The Hall–Kier alpha value is -4.17. The van der Waals surface area contributed by atoms with E-state index in [4.69, 9.17) is 9.84 Å². The van der Waals surface area contributed by atoms with Crippen LogP contribution in [0.5, 0.6) is 5.75 Å². The van der Waals surface area contributed by atoms with Crippen LogP contribution >= 0.6 is 11.3 Å². The number of carbonyl (C=O) groups is 2. The highest BCUT2D eigenvalue weighted by Gasteiger charge is 2.11. The average Bonchev–Trinajstić information content (AvgIpc) is 3.51. The van der Waals surface area contributed by atoms with E-state index in [1.165, 1.54) is 13.0 Å². The molecule has 4 rings (SSSR count). The Labute approximate surface area is 201 Å². The van der Waals surface area contributed by atoms with Crippen molar-refractivity contribution in [2.45, 2.75) is 6.92 Å². The minimum Gasteiger partial charge on any atom is -0.492 e. The minimum absolute atomic E-state index is 0.146. The maximum Gasteiger partial charge on any atom is 0.244 e. The molecule has 34 heavy (non-hydrogen) atoms. The van der Waals surface area contributed by atoms with E-state index in [2.05, 4.69) is 10.6 Å². The molecule has 0 radical (unpaired) electrons. The lowest BCUT2D eigenvalue weighted by molar-refractivity contribution is -0.116. The Morgan fingerprint density at radius 3 is 2.71 bits per heavy atom. The van der Waals surface area contributed by atoms with E-state index >= 15 is 0 Å². The van der Waals surface area contributed by atoms with Crippen LogP contribution in [0.4, 0.5) is 5.69 Å². The van der Waals surface area contributed by atoms with Crippen LogP contribution < -0.4 is 15.4 Å². The first-order valence-corrected chi connectivity index (χ1v) is 11.6. The van der Waals surface area contributed by atoms with Crippen molar-refractivity contribution in [1.82, 2.24) is 15.1 Å². The third-order valence-electron chi connectivity index (χ3n) is 4.76. The van der Waals surface area contributed by atoms with E-state index in [0.717, 1.165) is 21.8 Å². The largest absolute Gasteiger partial charge is 0.492 e. The molecule has 0 aliphatic carbocycles. The van der Waals surface area contributed by atoms with Crippen molar-refractivity contribution in [1.29, 1.82) is 0 Å². The molecule has 2 amide bonds. The molecular formula is C26H24N4O3S. The SMILES string of the molecule is CC(=O)Nc1cccc(OCCNC(=O)C=Cc2cn(-c3ccccc3)nc2-c2cccs2)c1. The first kappa shape index (κ1) is 23.0. The summed E-state index contributed by atoms with van der Waals surface area (Å²) in [5, 5.41) is 12.3. The second-order valence-corrected chi connectivity index (χ2v) is 8.32. The number of benzene rings is 2. The van der Waals surface area contributed by atoms with Gasteiger partial charge >= 0.3 is 0 Å². The Bertz CT molecular complexity index is 1280. The number of hydrogen-bond donors (Lipinski definition) is 2. The number of nitrogens with zero attached hydrogens (tertiary/aromatic N) is 2. The third-order valence-corrected chi connectivity index (χ3v) is 5.63. The number of rotatable bonds is 9. The normalized spacial score (nSPS) is 10.9. The summed E-state index contributed by atoms with van der Waals surface area (Å²) < 4.78 is 7.47. The van der Waals surface area contributed by atoms with Crippen molar-refractivity contribution in [2.24, 2.45) is 0 Å². The molecule has 0 aliphatic rings. The summed E-state index contributed by atoms with van der Waals surface area (Å²) in [6, 6.07) is 20.9. The predicted octanol–water partition coefficient (Wildman–Crippen LogP) is 4.77. The van der Waals surface area contributed by atoms with Gasteiger partial charge in [0.2, 0.25) is 11.8 Å². The monoisotopic (exact) mass is 472 g/mol. The summed E-state index contributed by atoms with van der Waals surface area (Å²) in [7, 11) is 0. The molecule has 0 saturated heterocycles. The zero-order valence-electron chi connectivity index (χ0n) is 18.6. The molecule has 2 aromatic heterocycles. The van der Waals surface area contributed by atoms with Crippen LogP contribution in [0, 0.1) is 0 Å². The predicted molar refractivity (Wildman–Crippen MR) is 135 cm³/mol. The van der Waals surface area contributed by atoms with Gasteiger partial charge in [-0.25, -0.2) is 4.68 Å². The number of ether oxygens (including phenoxy) is 1. The molecule has 8 heteroatoms. The zero-order chi connectivity index (χ0) is 23.8. The summed E-state index contributed by atoms with van der Waals surface area (Å²) >= 11 is 1.60. The maximum atomic E-state index is 12.4. The first-order chi connectivity index (χ1) is 16.6. The molecule has 0 fully saturated rings. The van der Waals surface area contributed by atoms with Gasteiger partial charge in [-0.05, 0) is 41.8 Å². The number of nitrogens with one attached hydrogen (secondary N) is 2. The van der Waals surface area contributed by atoms with E-state index in [9.17, 15) is 9.59 Å². The fraction of sp³-hybridized carbons (Fsp3) is 0.115. The minimum atomic E-state index is -0.222. The zero-order valence-corrected chi connectivity index (χ0v) is 19.4. The van der Waals surface area contributed by atoms with E-state index in [1.807, 2.05) is 58.7 Å². The second-order valence-electron chi connectivity index (χ2n) is 7.37. The van der Waals surface area contributed by atoms with Gasteiger partial charge in [0.15, 0.2) is 0 Å². The number of carbonyl (C=O) groups excluding carboxylic acids is 2. The lowest BCUT2D eigenvalue weighted by atomic mass is 10.2. The molecule has 0 bridgehead atoms. The van der Waals surface area contributed by atoms with Crippen LogP contribution in [0.15, 0.2) is 84.4 Å². The highest BCUT2D eigenvalue weighted by molar-refractivity contribution is 7.13. The van der Waals surface area contributed by atoms with Crippen LogP contribution in [0.3, 0.4) is 0 Å². The van der Waals surface area contributed by atoms with Crippen LogP contribution in [-0.2, 0) is 9.59 Å². The molecule has 0 spiro atoms. The fourth-order valence-electron chi connectivity index (χ4n) is 3.26. The molecule has 172 valence electrons. The number of aromatic nitrogens is 2. The Kier molecular flexibility index (Phi) is 7.52. The van der Waals surface area contributed by atoms with E-state index < -0.39 is 0 Å². The quantitative estimate of drug-likeness (QED) is 0.272. The molecule has 2 N–H and O–H groups in total. The van der Waals surface area contributed by atoms with Gasteiger partial charge in [0, 0.05) is 36.5 Å². The van der Waals surface area contributed by atoms with E-state index in [0.29, 0.717) is 24.6 Å². The average molecular weight is 473 g/mol. The Morgan fingerprint density at radius 2 is 1.94 bits per heavy atom. The Morgan fingerprint density at radius 1 is 1.09 bits per heavy atom. The van der Waals surface area contributed by atoms with Crippen LogP contribution in [-0.4, -0.2) is 34.7 Å². The van der Waals surface area contributed by atoms with Crippen LogP contribution in [0.2, 0.25) is 0 Å². The van der Waals surface area contributed by atoms with Crippen molar-refractivity contribution in [3.05, 3.63) is 89.9 Å². The molecule has 0 aliphatic heterocycles. The lowest BCUT2D eigenvalue weighted by Crippen LogP contribution is -2.26. The molecule has 0 unspecified atom stereocenters. The van der Waals surface area contributed by atoms with Crippen molar-refractivity contribution in [3.63, 3.8) is 0 Å². The van der Waals surface area contributed by atoms with Gasteiger partial charge in [0.25, 0.3) is 0 Å². The molecule has 0 saturated carbocycles. The van der Waals surface area contributed by atoms with Crippen LogP contribution in [0.1, 0.15) is 12.5 Å². The summed E-state index contributed by atoms with van der Waals surface area (Å²) in [6.45, 7) is 2.09. The standard InChI is InChI=1S/C26H24N4O3S/c1-19(31)28-21-7-5-10-23(17-21)33-15-14-27-25(32)13-12-20-18-30(22-8-3-2-4-9-22)29-26(20)24-11-6-16-34-24/h2-13,16-18H,14-15H2,1H3,(H,27,32)(H,28,31). The lowest BCUT2D eigenvalue weighted by Gasteiger charge is -2.08. The smallest absolute Gasteiger partial charge is 0.244 e. The van der Waals surface area contributed by atoms with Crippen molar-refractivity contribution in [3.8, 4) is 22.0 Å². The van der Waals surface area contributed by atoms with E-state index in [-0.39, 0.29) is 11.8 Å². The topological polar surface area (TPSA) is 85.3 Å². The summed E-state index contributed by atoms with van der Waals surface area (Å²) in [6.07, 6.45) is 5.19. The van der Waals surface area contributed by atoms with Crippen molar-refractivity contribution >= 4 is 34.9 Å². The number of thiophene rings is 1. The maximum absolute atomic E-state index is 12.4. The molecule has 2 heterocycles. The second kappa shape index (κ2) is 11.1. The number of hydrogen-bond acceptors (Lipinski definition) is 5. The number of amides is 2. The molecule has 0 atom stereocenters. The van der Waals surface area contributed by atoms with Gasteiger partial charge in [-0.3, -0.25) is 9.59 Å². The van der Waals surface area contributed by atoms with Gasteiger partial charge in [0.1, 0.15) is 18.1 Å². The van der Waals surface area contributed by atoms with Gasteiger partial charge < -0.3 is 15.4 Å². The number of anilines is 1. The number of para-hydroxylation sites is 1. The highest BCUT2D eigenvalue weighted by atomic mass is 32.1. The molecule has 2 aromatic carbocycles. The fourth-order valence-corrected chi connectivity index (χ4v) is 3.99. The third kappa shape index (κ3) is 6.20. The van der Waals surface area contributed by atoms with E-state index in [1.54, 1.807) is 41.7 Å². The highest BCUT2D eigenvalue weighted by Crippen LogP contribution is 2.28. The summed E-state index contributed by atoms with van der Waals surface area (Å²) in [4.78, 5) is 24.6. The van der Waals surface area contributed by atoms with Gasteiger partial charge in [-0.1, -0.05) is 30.3 Å². The first-order valence-electron chi connectivity index (χ1n) is 10.7. The van der Waals surface area contributed by atoms with Crippen molar-refractivity contribution in [2.75, 3.05) is 18.5 Å². The van der Waals surface area contributed by atoms with Gasteiger partial charge in [0.05, 0.1) is 17.1 Å². The molecular weight excluding hydrogens is 448 g/mol. The summed E-state index contributed by atoms with van der Waals surface area (Å²) in [5.74, 6) is 0.248. The van der Waals surface area contributed by atoms with Gasteiger partial charge in [-0.15, -0.1) is 11.3 Å². The molecule has 4 aromatic rings. The van der Waals surface area contributed by atoms with Gasteiger partial charge in [-0.2, -0.15) is 5.10 Å². The Balaban J connectivity index is 1.35.